The quantitative estimate of drug-likeness (QED) is 0.378. The van der Waals surface area contributed by atoms with E-state index >= 15 is 0 Å². The normalized spacial score (nSPS) is 12.1. The molecule has 0 saturated heterocycles. The minimum atomic E-state index is -4.95. The van der Waals surface area contributed by atoms with Crippen LogP contribution in [0, 0.1) is 5.82 Å². The number of alkyl halides is 3. The van der Waals surface area contributed by atoms with Gasteiger partial charge in [-0.05, 0) is 6.07 Å². The molecule has 0 aliphatic rings. The van der Waals surface area contributed by atoms with Crippen molar-refractivity contribution in [3.8, 4) is 5.82 Å². The topological polar surface area (TPSA) is 89.5 Å². The van der Waals surface area contributed by atoms with E-state index in [9.17, 15) is 27.2 Å². The number of pyridine rings is 1. The number of hydrogen-bond donors (Lipinski definition) is 1. The van der Waals surface area contributed by atoms with Crippen LogP contribution in [0.15, 0.2) is 26.9 Å². The summed E-state index contributed by atoms with van der Waals surface area (Å²) in [5.74, 6) is -2.11. The third-order valence-corrected chi connectivity index (χ3v) is 3.24. The van der Waals surface area contributed by atoms with Gasteiger partial charge in [0.15, 0.2) is 11.6 Å². The largest absolute Gasteiger partial charge is 0.431 e. The monoisotopic (exact) mass is 366 g/mol. The highest BCUT2D eigenvalue weighted by molar-refractivity contribution is 6.32. The number of rotatable bonds is 2. The Morgan fingerprint density at radius 2 is 1.96 bits per heavy atom. The van der Waals surface area contributed by atoms with Crippen LogP contribution in [0.25, 0.3) is 5.82 Å². The van der Waals surface area contributed by atoms with Crippen LogP contribution < -0.4 is 11.2 Å². The van der Waals surface area contributed by atoms with Crippen molar-refractivity contribution < 1.29 is 22.8 Å². The van der Waals surface area contributed by atoms with Gasteiger partial charge in [0.1, 0.15) is 11.4 Å². The van der Waals surface area contributed by atoms with Gasteiger partial charge in [-0.2, -0.15) is 13.2 Å². The number of nitrogens with zero attached hydrogens (tertiary/aromatic N) is 4. The summed E-state index contributed by atoms with van der Waals surface area (Å²) in [6.07, 6.45) is -4.25. The van der Waals surface area contributed by atoms with Crippen LogP contribution >= 0.6 is 11.6 Å². The van der Waals surface area contributed by atoms with Gasteiger partial charge in [-0.3, -0.25) is 9.36 Å². The van der Waals surface area contributed by atoms with E-state index in [1.807, 2.05) is 0 Å². The second-order valence-electron chi connectivity index (χ2n) is 4.45. The van der Waals surface area contributed by atoms with Crippen LogP contribution in [-0.2, 0) is 13.2 Å². The average molecular weight is 367 g/mol. The second-order valence-corrected chi connectivity index (χ2v) is 4.86. The van der Waals surface area contributed by atoms with Crippen molar-refractivity contribution in [2.75, 3.05) is 0 Å². The minimum Gasteiger partial charge on any atom is -0.411 e. The molecule has 0 aliphatic carbocycles. The maximum Gasteiger partial charge on any atom is 0.431 e. The van der Waals surface area contributed by atoms with Crippen LogP contribution in [0.1, 0.15) is 11.4 Å². The van der Waals surface area contributed by atoms with Crippen molar-refractivity contribution in [2.24, 2.45) is 12.2 Å². The summed E-state index contributed by atoms with van der Waals surface area (Å²) >= 11 is 5.64. The third kappa shape index (κ3) is 3.02. The molecule has 0 aliphatic heterocycles. The summed E-state index contributed by atoms with van der Waals surface area (Å²) in [6.45, 7) is 0. The van der Waals surface area contributed by atoms with E-state index < -0.39 is 34.8 Å². The van der Waals surface area contributed by atoms with Gasteiger partial charge >= 0.3 is 11.9 Å². The van der Waals surface area contributed by atoms with Gasteiger partial charge in [0.25, 0.3) is 5.56 Å². The van der Waals surface area contributed by atoms with Gasteiger partial charge in [-0.25, -0.2) is 18.7 Å². The zero-order chi connectivity index (χ0) is 18.2. The molecular formula is C12H7ClF4N4O3. The fourth-order valence-electron chi connectivity index (χ4n) is 1.87. The summed E-state index contributed by atoms with van der Waals surface area (Å²) in [4.78, 5) is 27.5. The Hall–Kier alpha value is -2.69. The maximum atomic E-state index is 14.0. The predicted octanol–water partition coefficient (Wildman–Crippen LogP) is 1.55. The fourth-order valence-corrected chi connectivity index (χ4v) is 2.05. The Labute approximate surface area is 135 Å². The first kappa shape index (κ1) is 17.7. The zero-order valence-electron chi connectivity index (χ0n) is 11.7. The van der Waals surface area contributed by atoms with E-state index in [2.05, 4.69) is 10.1 Å². The number of hydrogen-bond acceptors (Lipinski definition) is 5. The lowest BCUT2D eigenvalue weighted by Gasteiger charge is -2.14. The summed E-state index contributed by atoms with van der Waals surface area (Å²) in [6, 6.07) is 0.807. The van der Waals surface area contributed by atoms with Crippen molar-refractivity contribution in [1.29, 1.82) is 0 Å². The molecule has 0 aromatic carbocycles. The molecule has 12 heteroatoms. The van der Waals surface area contributed by atoms with Gasteiger partial charge < -0.3 is 5.21 Å². The molecule has 0 saturated carbocycles. The molecule has 1 N–H and O–H groups in total. The molecule has 2 heterocycles. The Morgan fingerprint density at radius 3 is 2.50 bits per heavy atom. The standard InChI is InChI=1S/C12H7ClF4N4O3/c1-20-8(12(15,16)17)3-9(22)21(11(20)23)10-6(14)2-5(13)7(19-10)4-18-24/h2-4,24H,1H3/b18-4+. The van der Waals surface area contributed by atoms with Crippen LogP contribution in [0.3, 0.4) is 0 Å². The lowest BCUT2D eigenvalue weighted by molar-refractivity contribution is -0.144. The van der Waals surface area contributed by atoms with Gasteiger partial charge in [-0.15, -0.1) is 0 Å². The molecule has 2 aromatic heterocycles. The lowest BCUT2D eigenvalue weighted by Crippen LogP contribution is -2.41. The first-order valence-electron chi connectivity index (χ1n) is 6.02. The maximum absolute atomic E-state index is 14.0. The Kier molecular flexibility index (Phi) is 4.47. The summed E-state index contributed by atoms with van der Waals surface area (Å²) < 4.78 is 52.6. The number of halogens is 5. The van der Waals surface area contributed by atoms with E-state index in [0.29, 0.717) is 12.3 Å². The smallest absolute Gasteiger partial charge is 0.411 e. The highest BCUT2D eigenvalue weighted by Crippen LogP contribution is 2.27. The number of aromatic nitrogens is 3. The van der Waals surface area contributed by atoms with Crippen molar-refractivity contribution in [2.45, 2.75) is 6.18 Å². The van der Waals surface area contributed by atoms with E-state index in [1.54, 1.807) is 0 Å². The first-order chi connectivity index (χ1) is 11.1. The predicted molar refractivity (Wildman–Crippen MR) is 74.4 cm³/mol. The highest BCUT2D eigenvalue weighted by Gasteiger charge is 2.35. The fraction of sp³-hybridized carbons (Fsp3) is 0.167. The molecule has 0 fully saturated rings. The van der Waals surface area contributed by atoms with Gasteiger partial charge in [-0.1, -0.05) is 16.8 Å². The third-order valence-electron chi connectivity index (χ3n) is 2.94. The summed E-state index contributed by atoms with van der Waals surface area (Å²) in [5, 5.41) is 10.8. The molecule has 2 rings (SSSR count). The van der Waals surface area contributed by atoms with Gasteiger partial charge in [0, 0.05) is 13.1 Å². The molecule has 2 aromatic rings. The zero-order valence-corrected chi connectivity index (χ0v) is 12.4. The van der Waals surface area contributed by atoms with E-state index in [4.69, 9.17) is 16.8 Å². The van der Waals surface area contributed by atoms with E-state index in [-0.39, 0.29) is 25.9 Å². The van der Waals surface area contributed by atoms with Gasteiger partial charge in [0.05, 0.1) is 11.2 Å². The minimum absolute atomic E-state index is 0.107. The van der Waals surface area contributed by atoms with Crippen molar-refractivity contribution >= 4 is 17.8 Å². The second kappa shape index (κ2) is 6.07. The molecule has 0 atom stereocenters. The van der Waals surface area contributed by atoms with Crippen molar-refractivity contribution in [3.05, 3.63) is 55.2 Å². The molecule has 7 nitrogen and oxygen atoms in total. The highest BCUT2D eigenvalue weighted by atomic mass is 35.5. The van der Waals surface area contributed by atoms with Crippen molar-refractivity contribution in [1.82, 2.24) is 14.1 Å². The molecule has 0 bridgehead atoms. The molecule has 0 unspecified atom stereocenters. The molecule has 24 heavy (non-hydrogen) atoms. The van der Waals surface area contributed by atoms with Crippen LogP contribution in [0.4, 0.5) is 17.6 Å². The summed E-state index contributed by atoms with van der Waals surface area (Å²) in [5.41, 5.74) is -4.70. The van der Waals surface area contributed by atoms with Crippen molar-refractivity contribution in [3.63, 3.8) is 0 Å². The van der Waals surface area contributed by atoms with E-state index in [0.717, 1.165) is 7.05 Å². The molecular weight excluding hydrogens is 360 g/mol. The Balaban J connectivity index is 2.85. The molecule has 0 radical (unpaired) electrons. The van der Waals surface area contributed by atoms with E-state index in [1.165, 1.54) is 0 Å². The van der Waals surface area contributed by atoms with Crippen LogP contribution in [0.2, 0.25) is 5.02 Å². The summed E-state index contributed by atoms with van der Waals surface area (Å²) in [7, 11) is 0.769. The molecule has 0 amide bonds. The Bertz CT molecular complexity index is 949. The average Bonchev–Trinajstić information content (AvgIpc) is 2.46. The lowest BCUT2D eigenvalue weighted by atomic mass is 10.3. The van der Waals surface area contributed by atoms with Crippen LogP contribution in [0.5, 0.6) is 0 Å². The molecule has 128 valence electrons. The Morgan fingerprint density at radius 1 is 1.33 bits per heavy atom. The van der Waals surface area contributed by atoms with Crippen LogP contribution in [-0.4, -0.2) is 25.5 Å². The number of oxime groups is 1. The SMILES string of the molecule is Cn1c(C(F)(F)F)cc(=O)n(-c2nc(/C=N/O)c(Cl)cc2F)c1=O. The van der Waals surface area contributed by atoms with Gasteiger partial charge in [0.2, 0.25) is 0 Å². The first-order valence-corrected chi connectivity index (χ1v) is 6.40. The molecule has 0 spiro atoms.